The Hall–Kier alpha value is -2.97. The van der Waals surface area contributed by atoms with E-state index in [0.29, 0.717) is 23.5 Å². The molecule has 12 nitrogen and oxygen atoms in total. The molecular formula is C23H34N4O8S2. The van der Waals surface area contributed by atoms with Crippen molar-refractivity contribution in [2.45, 2.75) is 49.9 Å². The van der Waals surface area contributed by atoms with Gasteiger partial charge in [-0.3, -0.25) is 19.2 Å². The number of carboxylic acid groups (broad SMARTS) is 2. The second-order valence-electron chi connectivity index (χ2n) is 8.16. The maximum Gasteiger partial charge on any atom is 0.326 e. The van der Waals surface area contributed by atoms with Gasteiger partial charge in [0.25, 0.3) is 0 Å². The second kappa shape index (κ2) is 16.7. The van der Waals surface area contributed by atoms with Gasteiger partial charge in [-0.1, -0.05) is 12.1 Å². The Bertz CT molecular complexity index is 932. The van der Waals surface area contributed by atoms with Crippen LogP contribution in [-0.4, -0.2) is 93.2 Å². The Morgan fingerprint density at radius 3 is 1.86 bits per heavy atom. The van der Waals surface area contributed by atoms with Crippen LogP contribution >= 0.6 is 23.5 Å². The maximum atomic E-state index is 13.2. The highest BCUT2D eigenvalue weighted by Crippen LogP contribution is 2.12. The summed E-state index contributed by atoms with van der Waals surface area (Å²) in [6.45, 7) is 0. The van der Waals surface area contributed by atoms with Crippen LogP contribution in [0, 0.1) is 0 Å². The molecule has 0 saturated carbocycles. The van der Waals surface area contributed by atoms with E-state index in [1.54, 1.807) is 18.4 Å². The molecule has 3 amide bonds. The Morgan fingerprint density at radius 1 is 0.811 bits per heavy atom. The van der Waals surface area contributed by atoms with E-state index < -0.39 is 60.2 Å². The number of phenolic OH excluding ortho intramolecular Hbond substituents is 1. The number of hydrogen-bond acceptors (Lipinski definition) is 9. The van der Waals surface area contributed by atoms with Gasteiger partial charge >= 0.3 is 11.9 Å². The molecule has 0 radical (unpaired) electrons. The van der Waals surface area contributed by atoms with Gasteiger partial charge in [0.05, 0.1) is 12.5 Å². The Balaban J connectivity index is 3.10. The number of nitrogens with one attached hydrogen (secondary N) is 3. The lowest BCUT2D eigenvalue weighted by molar-refractivity contribution is -0.143. The third kappa shape index (κ3) is 12.2. The van der Waals surface area contributed by atoms with E-state index in [2.05, 4.69) is 16.0 Å². The van der Waals surface area contributed by atoms with E-state index in [9.17, 15) is 39.3 Å². The SMILES string of the molecule is CSCCC(N)C(=O)NC(Cc1ccc(O)cc1)C(=O)NC(CC(=O)O)C(=O)NC(CCSC)C(=O)O. The molecule has 1 aromatic carbocycles. The summed E-state index contributed by atoms with van der Waals surface area (Å²) < 4.78 is 0. The Morgan fingerprint density at radius 2 is 1.32 bits per heavy atom. The Kier molecular flexibility index (Phi) is 14.5. The van der Waals surface area contributed by atoms with Gasteiger partial charge in [0, 0.05) is 6.42 Å². The third-order valence-corrected chi connectivity index (χ3v) is 6.50. The van der Waals surface area contributed by atoms with Crippen LogP contribution in [-0.2, 0) is 30.4 Å². The number of carbonyl (C=O) groups is 5. The van der Waals surface area contributed by atoms with Crippen molar-refractivity contribution in [2.75, 3.05) is 24.0 Å². The number of rotatable bonds is 17. The second-order valence-corrected chi connectivity index (χ2v) is 10.1. The van der Waals surface area contributed by atoms with E-state index in [4.69, 9.17) is 5.73 Å². The minimum absolute atomic E-state index is 0.000487. The highest BCUT2D eigenvalue weighted by molar-refractivity contribution is 7.98. The molecule has 8 N–H and O–H groups in total. The summed E-state index contributed by atoms with van der Waals surface area (Å²) >= 11 is 2.88. The van der Waals surface area contributed by atoms with Gasteiger partial charge in [0.1, 0.15) is 23.9 Å². The molecule has 4 unspecified atom stereocenters. The normalized spacial score (nSPS) is 14.0. The van der Waals surface area contributed by atoms with Gasteiger partial charge in [0.2, 0.25) is 17.7 Å². The number of carbonyl (C=O) groups excluding carboxylic acids is 3. The van der Waals surface area contributed by atoms with Crippen molar-refractivity contribution in [3.05, 3.63) is 29.8 Å². The summed E-state index contributed by atoms with van der Waals surface area (Å²) in [7, 11) is 0. The van der Waals surface area contributed by atoms with E-state index in [1.165, 1.54) is 35.7 Å². The molecule has 0 aliphatic carbocycles. The van der Waals surface area contributed by atoms with Crippen LogP contribution < -0.4 is 21.7 Å². The average molecular weight is 559 g/mol. The monoisotopic (exact) mass is 558 g/mol. The van der Waals surface area contributed by atoms with Crippen LogP contribution in [0.1, 0.15) is 24.8 Å². The molecule has 4 atom stereocenters. The molecule has 0 spiro atoms. The van der Waals surface area contributed by atoms with E-state index in [0.717, 1.165) is 0 Å². The van der Waals surface area contributed by atoms with Crippen LogP contribution in [0.3, 0.4) is 0 Å². The lowest BCUT2D eigenvalue weighted by Gasteiger charge is -2.24. The zero-order valence-electron chi connectivity index (χ0n) is 20.6. The van der Waals surface area contributed by atoms with Crippen LogP contribution in [0.25, 0.3) is 0 Å². The van der Waals surface area contributed by atoms with Gasteiger partial charge in [0.15, 0.2) is 0 Å². The molecule has 0 saturated heterocycles. The van der Waals surface area contributed by atoms with Crippen LogP contribution in [0.15, 0.2) is 24.3 Å². The smallest absolute Gasteiger partial charge is 0.326 e. The molecule has 0 fully saturated rings. The van der Waals surface area contributed by atoms with Crippen molar-refractivity contribution in [1.82, 2.24) is 16.0 Å². The number of thioether (sulfide) groups is 2. The van der Waals surface area contributed by atoms with Crippen molar-refractivity contribution in [1.29, 1.82) is 0 Å². The average Bonchev–Trinajstić information content (AvgIpc) is 2.84. The summed E-state index contributed by atoms with van der Waals surface area (Å²) in [6, 6.07) is 0.900. The highest BCUT2D eigenvalue weighted by atomic mass is 32.2. The Labute approximate surface area is 223 Å². The predicted octanol–water partition coefficient (Wildman–Crippen LogP) is -0.218. The number of phenols is 1. The number of aliphatic carboxylic acids is 2. The van der Waals surface area contributed by atoms with Gasteiger partial charge < -0.3 is 37.0 Å². The van der Waals surface area contributed by atoms with Crippen molar-refractivity contribution >= 4 is 53.2 Å². The summed E-state index contributed by atoms with van der Waals surface area (Å²) in [5.41, 5.74) is 6.48. The lowest BCUT2D eigenvalue weighted by atomic mass is 10.0. The number of aromatic hydroxyl groups is 1. The molecule has 206 valence electrons. The van der Waals surface area contributed by atoms with Crippen molar-refractivity contribution in [3.8, 4) is 5.75 Å². The lowest BCUT2D eigenvalue weighted by Crippen LogP contribution is -2.58. The fraction of sp³-hybridized carbons (Fsp3) is 0.522. The first-order valence-corrected chi connectivity index (χ1v) is 14.1. The van der Waals surface area contributed by atoms with Crippen molar-refractivity contribution in [2.24, 2.45) is 5.73 Å². The van der Waals surface area contributed by atoms with E-state index >= 15 is 0 Å². The largest absolute Gasteiger partial charge is 0.508 e. The molecule has 0 aliphatic rings. The van der Waals surface area contributed by atoms with Crippen molar-refractivity contribution < 1.29 is 39.3 Å². The fourth-order valence-corrected chi connectivity index (χ4v) is 4.11. The molecule has 14 heteroatoms. The van der Waals surface area contributed by atoms with E-state index in [1.807, 2.05) is 6.26 Å². The zero-order valence-corrected chi connectivity index (χ0v) is 22.3. The first-order valence-electron chi connectivity index (χ1n) is 11.4. The minimum Gasteiger partial charge on any atom is -0.508 e. The number of carboxylic acids is 2. The number of benzene rings is 1. The van der Waals surface area contributed by atoms with Crippen LogP contribution in [0.4, 0.5) is 0 Å². The maximum absolute atomic E-state index is 13.2. The predicted molar refractivity (Wildman–Crippen MR) is 141 cm³/mol. The van der Waals surface area contributed by atoms with Crippen molar-refractivity contribution in [3.63, 3.8) is 0 Å². The molecule has 0 aliphatic heterocycles. The summed E-state index contributed by atoms with van der Waals surface area (Å²) in [4.78, 5) is 61.4. The fourth-order valence-electron chi connectivity index (χ4n) is 3.15. The number of amides is 3. The molecule has 37 heavy (non-hydrogen) atoms. The van der Waals surface area contributed by atoms with E-state index in [-0.39, 0.29) is 18.6 Å². The standard InChI is InChI=1S/C23H34N4O8S2/c1-36-9-7-15(24)20(31)26-17(11-13-3-5-14(28)6-4-13)21(32)27-18(12-19(29)30)22(33)25-16(23(34)35)8-10-37-2/h3-6,15-18,28H,7-12,24H2,1-2H3,(H,25,33)(H,26,31)(H,27,32)(H,29,30)(H,34,35). The quantitative estimate of drug-likeness (QED) is 0.133. The van der Waals surface area contributed by atoms with Gasteiger partial charge in [-0.2, -0.15) is 23.5 Å². The number of hydrogen-bond donors (Lipinski definition) is 7. The molecule has 0 aromatic heterocycles. The summed E-state index contributed by atoms with van der Waals surface area (Å²) in [5.74, 6) is -4.06. The molecule has 0 bridgehead atoms. The van der Waals surface area contributed by atoms with Gasteiger partial charge in [-0.15, -0.1) is 0 Å². The van der Waals surface area contributed by atoms with Crippen LogP contribution in [0.5, 0.6) is 5.75 Å². The molecular weight excluding hydrogens is 524 g/mol. The van der Waals surface area contributed by atoms with Crippen LogP contribution in [0.2, 0.25) is 0 Å². The molecule has 1 aromatic rings. The number of nitrogens with two attached hydrogens (primary N) is 1. The van der Waals surface area contributed by atoms with Gasteiger partial charge in [-0.25, -0.2) is 4.79 Å². The highest BCUT2D eigenvalue weighted by Gasteiger charge is 2.31. The first kappa shape index (κ1) is 32.1. The third-order valence-electron chi connectivity index (χ3n) is 5.22. The summed E-state index contributed by atoms with van der Waals surface area (Å²) in [5, 5.41) is 35.3. The zero-order chi connectivity index (χ0) is 28.0. The molecule has 0 heterocycles. The minimum atomic E-state index is -1.59. The van der Waals surface area contributed by atoms with Gasteiger partial charge in [-0.05, 0) is 54.6 Å². The molecule has 1 rings (SSSR count). The summed E-state index contributed by atoms with van der Waals surface area (Å²) in [6.07, 6.45) is 3.24. The topological polar surface area (TPSA) is 208 Å². The first-order chi connectivity index (χ1) is 17.5.